The first-order chi connectivity index (χ1) is 28.7. The van der Waals surface area contributed by atoms with E-state index in [0.29, 0.717) is 13.0 Å². The first-order valence-corrected chi connectivity index (χ1v) is 25.2. The molecule has 11 heteroatoms. The summed E-state index contributed by atoms with van der Waals surface area (Å²) in [6.07, 6.45) is 51.6. The number of hydrogen-bond acceptors (Lipinski definition) is 8. The number of carbonyl (C=O) groups excluding carboxylic acids is 1. The molecule has 0 aliphatic heterocycles. The number of hydrogen-bond donors (Lipinski definition) is 3. The Morgan fingerprint density at radius 3 is 1.41 bits per heavy atom. The van der Waals surface area contributed by atoms with Crippen molar-refractivity contribution in [1.82, 2.24) is 0 Å². The molecule has 0 amide bonds. The number of rotatable bonds is 45. The van der Waals surface area contributed by atoms with Crippen LogP contribution in [0.1, 0.15) is 206 Å². The molecule has 0 heterocycles. The Bertz CT molecular complexity index is 1130. The number of carboxylic acids is 1. The van der Waals surface area contributed by atoms with Crippen molar-refractivity contribution in [2.24, 2.45) is 5.73 Å². The smallest absolute Gasteiger partial charge is 0.472 e. The summed E-state index contributed by atoms with van der Waals surface area (Å²) in [5.41, 5.74) is 5.36. The lowest BCUT2D eigenvalue weighted by Gasteiger charge is -2.20. The monoisotopic (exact) mass is 854 g/mol. The standard InChI is InChI=1S/C48H88NO9P/c1-3-5-7-9-11-13-15-17-19-21-23-24-26-28-30-32-34-36-38-40-47(50)58-45(43-56-59(53,54)57-44-46(49)48(51)52)42-55-41-39-37-35-33-31-29-27-25-22-20-18-16-14-12-10-8-6-4-2/h11,13,17,19,23-24,28,30,45-46H,3-10,12,14-16,18,20-22,25-27,29,31-44,49H2,1-2H3,(H,51,52)(H,53,54)/b13-11-,19-17-,24-23-,30-28-/t45-,46+/m1/s1. The van der Waals surface area contributed by atoms with Crippen LogP contribution >= 0.6 is 7.82 Å². The fourth-order valence-corrected chi connectivity index (χ4v) is 7.19. The fourth-order valence-electron chi connectivity index (χ4n) is 6.41. The van der Waals surface area contributed by atoms with Gasteiger partial charge in [0.05, 0.1) is 19.8 Å². The lowest BCUT2D eigenvalue weighted by atomic mass is 10.0. The molecule has 0 saturated carbocycles. The summed E-state index contributed by atoms with van der Waals surface area (Å²) in [5.74, 6) is -1.81. The molecule has 0 aromatic carbocycles. The largest absolute Gasteiger partial charge is 0.480 e. The van der Waals surface area contributed by atoms with Gasteiger partial charge in [0.2, 0.25) is 0 Å². The fraction of sp³-hybridized carbons (Fsp3) is 0.792. The van der Waals surface area contributed by atoms with Crippen LogP contribution in [0.15, 0.2) is 48.6 Å². The lowest BCUT2D eigenvalue weighted by Crippen LogP contribution is -2.34. The van der Waals surface area contributed by atoms with Crippen molar-refractivity contribution in [1.29, 1.82) is 0 Å². The average Bonchev–Trinajstić information content (AvgIpc) is 3.21. The third-order valence-electron chi connectivity index (χ3n) is 10.1. The highest BCUT2D eigenvalue weighted by molar-refractivity contribution is 7.47. The molecule has 0 aromatic rings. The highest BCUT2D eigenvalue weighted by Gasteiger charge is 2.27. The van der Waals surface area contributed by atoms with Crippen molar-refractivity contribution < 1.29 is 42.7 Å². The van der Waals surface area contributed by atoms with E-state index in [9.17, 15) is 19.0 Å². The second-order valence-electron chi connectivity index (χ2n) is 15.9. The number of unbranched alkanes of at least 4 members (excludes halogenated alkanes) is 23. The van der Waals surface area contributed by atoms with Crippen LogP contribution in [0.2, 0.25) is 0 Å². The number of esters is 1. The van der Waals surface area contributed by atoms with E-state index in [0.717, 1.165) is 57.8 Å². The van der Waals surface area contributed by atoms with Crippen molar-refractivity contribution in [3.05, 3.63) is 48.6 Å². The van der Waals surface area contributed by atoms with Crippen molar-refractivity contribution in [3.63, 3.8) is 0 Å². The van der Waals surface area contributed by atoms with Gasteiger partial charge in [-0.3, -0.25) is 18.6 Å². The summed E-state index contributed by atoms with van der Waals surface area (Å²) in [6.45, 7) is 3.84. The lowest BCUT2D eigenvalue weighted by molar-refractivity contribution is -0.154. The second-order valence-corrected chi connectivity index (χ2v) is 17.3. The van der Waals surface area contributed by atoms with E-state index >= 15 is 0 Å². The van der Waals surface area contributed by atoms with Gasteiger partial charge in [0.25, 0.3) is 0 Å². The molecule has 3 atom stereocenters. The van der Waals surface area contributed by atoms with Gasteiger partial charge in [-0.05, 0) is 57.8 Å². The van der Waals surface area contributed by atoms with E-state index in [4.69, 9.17) is 29.4 Å². The molecular formula is C48H88NO9P. The summed E-state index contributed by atoms with van der Waals surface area (Å²) < 4.78 is 33.4. The predicted molar refractivity (Wildman–Crippen MR) is 244 cm³/mol. The zero-order valence-electron chi connectivity index (χ0n) is 37.6. The Hall–Kier alpha value is -2.07. The van der Waals surface area contributed by atoms with E-state index in [-0.39, 0.29) is 13.0 Å². The number of ether oxygens (including phenoxy) is 2. The Labute approximate surface area is 360 Å². The van der Waals surface area contributed by atoms with E-state index in [1.807, 2.05) is 0 Å². The van der Waals surface area contributed by atoms with Crippen LogP contribution in [0.25, 0.3) is 0 Å². The number of carbonyl (C=O) groups is 2. The van der Waals surface area contributed by atoms with E-state index < -0.39 is 45.1 Å². The number of aliphatic carboxylic acids is 1. The molecular weight excluding hydrogens is 766 g/mol. The van der Waals surface area contributed by atoms with Crippen molar-refractivity contribution >= 4 is 19.8 Å². The summed E-state index contributed by atoms with van der Waals surface area (Å²) in [7, 11) is -4.63. The van der Waals surface area contributed by atoms with Gasteiger partial charge in [0, 0.05) is 13.0 Å². The van der Waals surface area contributed by atoms with Gasteiger partial charge in [-0.2, -0.15) is 0 Å². The van der Waals surface area contributed by atoms with Crippen LogP contribution < -0.4 is 5.73 Å². The van der Waals surface area contributed by atoms with E-state index in [1.165, 1.54) is 122 Å². The SMILES string of the molecule is CCCCC/C=C\C/C=C\C/C=C\C/C=C\CCCCCC(=O)O[C@H](COCCCCCCCCCCCCCCCCCCCC)COP(=O)(O)OC[C@H](N)C(=O)O. The maximum atomic E-state index is 12.7. The van der Waals surface area contributed by atoms with E-state index in [2.05, 4.69) is 62.5 Å². The topological polar surface area (TPSA) is 155 Å². The Morgan fingerprint density at radius 1 is 0.542 bits per heavy atom. The maximum Gasteiger partial charge on any atom is 0.472 e. The molecule has 0 saturated heterocycles. The molecule has 344 valence electrons. The van der Waals surface area contributed by atoms with Gasteiger partial charge in [-0.15, -0.1) is 0 Å². The van der Waals surface area contributed by atoms with Gasteiger partial charge < -0.3 is 25.2 Å². The quantitative estimate of drug-likeness (QED) is 0.0233. The van der Waals surface area contributed by atoms with E-state index in [1.54, 1.807) is 0 Å². The van der Waals surface area contributed by atoms with Gasteiger partial charge in [-0.25, -0.2) is 4.57 Å². The summed E-state index contributed by atoms with van der Waals surface area (Å²) in [4.78, 5) is 33.6. The highest BCUT2D eigenvalue weighted by atomic mass is 31.2. The molecule has 1 unspecified atom stereocenters. The molecule has 0 spiro atoms. The van der Waals surface area contributed by atoms with Crippen LogP contribution in [0, 0.1) is 0 Å². The minimum Gasteiger partial charge on any atom is -0.480 e. The minimum absolute atomic E-state index is 0.00536. The molecule has 10 nitrogen and oxygen atoms in total. The normalized spacial score (nSPS) is 14.2. The first-order valence-electron chi connectivity index (χ1n) is 23.7. The first kappa shape index (κ1) is 56.9. The molecule has 0 bridgehead atoms. The van der Waals surface area contributed by atoms with Crippen LogP contribution in [0.3, 0.4) is 0 Å². The third kappa shape index (κ3) is 43.8. The van der Waals surface area contributed by atoms with Gasteiger partial charge in [0.1, 0.15) is 12.1 Å². The zero-order valence-corrected chi connectivity index (χ0v) is 38.5. The van der Waals surface area contributed by atoms with Crippen molar-refractivity contribution in [2.75, 3.05) is 26.4 Å². The summed E-state index contributed by atoms with van der Waals surface area (Å²) >= 11 is 0. The predicted octanol–water partition coefficient (Wildman–Crippen LogP) is 13.4. The Morgan fingerprint density at radius 2 is 0.932 bits per heavy atom. The number of phosphoric acid groups is 1. The minimum atomic E-state index is -4.63. The average molecular weight is 854 g/mol. The number of phosphoric ester groups is 1. The Balaban J connectivity index is 4.25. The molecule has 0 fully saturated rings. The second kappa shape index (κ2) is 44.0. The summed E-state index contributed by atoms with van der Waals surface area (Å²) in [6, 6.07) is -1.48. The maximum absolute atomic E-state index is 12.7. The molecule has 59 heavy (non-hydrogen) atoms. The zero-order chi connectivity index (χ0) is 43.3. The Kier molecular flexibility index (Phi) is 42.5. The molecule has 4 N–H and O–H groups in total. The van der Waals surface area contributed by atoms with Crippen LogP contribution in [-0.4, -0.2) is 60.5 Å². The third-order valence-corrected chi connectivity index (χ3v) is 11.1. The molecule has 0 aliphatic rings. The molecule has 0 rings (SSSR count). The van der Waals surface area contributed by atoms with Crippen LogP contribution in [0.5, 0.6) is 0 Å². The highest BCUT2D eigenvalue weighted by Crippen LogP contribution is 2.43. The number of nitrogens with two attached hydrogens (primary N) is 1. The molecule has 0 aliphatic carbocycles. The number of carboxylic acid groups (broad SMARTS) is 1. The molecule has 0 radical (unpaired) electrons. The van der Waals surface area contributed by atoms with Crippen LogP contribution in [-0.2, 0) is 32.7 Å². The van der Waals surface area contributed by atoms with Gasteiger partial charge in [0.15, 0.2) is 0 Å². The number of allylic oxidation sites excluding steroid dienone is 8. The van der Waals surface area contributed by atoms with Gasteiger partial charge >= 0.3 is 19.8 Å². The van der Waals surface area contributed by atoms with Crippen LogP contribution in [0.4, 0.5) is 0 Å². The van der Waals surface area contributed by atoms with Gasteiger partial charge in [-0.1, -0.05) is 191 Å². The van der Waals surface area contributed by atoms with Crippen molar-refractivity contribution in [2.45, 2.75) is 219 Å². The van der Waals surface area contributed by atoms with Crippen molar-refractivity contribution in [3.8, 4) is 0 Å². The summed E-state index contributed by atoms with van der Waals surface area (Å²) in [5, 5.41) is 8.91. The molecule has 0 aromatic heterocycles.